The first-order chi connectivity index (χ1) is 11.6. The van der Waals surface area contributed by atoms with E-state index in [0.29, 0.717) is 13.2 Å². The predicted octanol–water partition coefficient (Wildman–Crippen LogP) is 4.78. The molecule has 0 radical (unpaired) electrons. The summed E-state index contributed by atoms with van der Waals surface area (Å²) < 4.78 is 11.8. The van der Waals surface area contributed by atoms with Gasteiger partial charge in [-0.1, -0.05) is 36.8 Å². The highest BCUT2D eigenvalue weighted by molar-refractivity contribution is 5.43. The van der Waals surface area contributed by atoms with Gasteiger partial charge in [-0.05, 0) is 62.6 Å². The fourth-order valence-electron chi connectivity index (χ4n) is 2.57. The molecule has 3 nitrogen and oxygen atoms in total. The van der Waals surface area contributed by atoms with Crippen molar-refractivity contribution >= 4 is 0 Å². The SMILES string of the molecule is CCCNCc1ccc(OCc2cc(C)ccc2C)c(OCC)c1. The van der Waals surface area contributed by atoms with E-state index in [-0.39, 0.29) is 0 Å². The highest BCUT2D eigenvalue weighted by atomic mass is 16.5. The van der Waals surface area contributed by atoms with Crippen molar-refractivity contribution in [3.63, 3.8) is 0 Å². The van der Waals surface area contributed by atoms with Crippen LogP contribution in [0.2, 0.25) is 0 Å². The largest absolute Gasteiger partial charge is 0.490 e. The minimum atomic E-state index is 0.557. The van der Waals surface area contributed by atoms with Gasteiger partial charge >= 0.3 is 0 Å². The summed E-state index contributed by atoms with van der Waals surface area (Å²) in [5.41, 5.74) is 4.93. The molecule has 0 aliphatic heterocycles. The summed E-state index contributed by atoms with van der Waals surface area (Å²) >= 11 is 0. The Morgan fingerprint density at radius 1 is 0.917 bits per heavy atom. The molecular weight excluding hydrogens is 298 g/mol. The number of nitrogens with one attached hydrogen (secondary N) is 1. The minimum Gasteiger partial charge on any atom is -0.490 e. The highest BCUT2D eigenvalue weighted by Crippen LogP contribution is 2.29. The van der Waals surface area contributed by atoms with Crippen molar-refractivity contribution in [3.8, 4) is 11.5 Å². The molecule has 2 aromatic carbocycles. The first-order valence-corrected chi connectivity index (χ1v) is 8.79. The van der Waals surface area contributed by atoms with Crippen LogP contribution >= 0.6 is 0 Å². The molecule has 0 unspecified atom stereocenters. The first-order valence-electron chi connectivity index (χ1n) is 8.79. The zero-order valence-electron chi connectivity index (χ0n) is 15.3. The van der Waals surface area contributed by atoms with E-state index in [1.165, 1.54) is 22.3 Å². The molecule has 0 saturated carbocycles. The molecule has 0 bridgehead atoms. The van der Waals surface area contributed by atoms with Gasteiger partial charge < -0.3 is 14.8 Å². The second-order valence-corrected chi connectivity index (χ2v) is 6.11. The Morgan fingerprint density at radius 3 is 2.50 bits per heavy atom. The van der Waals surface area contributed by atoms with E-state index in [9.17, 15) is 0 Å². The van der Waals surface area contributed by atoms with Crippen molar-refractivity contribution in [2.75, 3.05) is 13.2 Å². The summed E-state index contributed by atoms with van der Waals surface area (Å²) in [4.78, 5) is 0. The molecule has 0 amide bonds. The molecule has 0 atom stereocenters. The second kappa shape index (κ2) is 9.33. The minimum absolute atomic E-state index is 0.557. The molecule has 1 N–H and O–H groups in total. The standard InChI is InChI=1S/C21H29NO2/c1-5-11-22-14-18-9-10-20(21(13-18)23-6-2)24-15-19-12-16(3)7-8-17(19)4/h7-10,12-13,22H,5-6,11,14-15H2,1-4H3. The van der Waals surface area contributed by atoms with Crippen LogP contribution in [0.4, 0.5) is 0 Å². The number of rotatable bonds is 9. The summed E-state index contributed by atoms with van der Waals surface area (Å²) in [5.74, 6) is 1.62. The number of hydrogen-bond acceptors (Lipinski definition) is 3. The molecule has 2 aromatic rings. The van der Waals surface area contributed by atoms with E-state index in [1.807, 2.05) is 13.0 Å². The van der Waals surface area contributed by atoms with Gasteiger partial charge in [0, 0.05) is 6.54 Å². The molecule has 0 aliphatic rings. The van der Waals surface area contributed by atoms with Crippen LogP contribution in [0, 0.1) is 13.8 Å². The van der Waals surface area contributed by atoms with Gasteiger partial charge in [-0.2, -0.15) is 0 Å². The third-order valence-electron chi connectivity index (χ3n) is 3.95. The molecule has 2 rings (SSSR count). The van der Waals surface area contributed by atoms with Crippen LogP contribution in [-0.2, 0) is 13.2 Å². The monoisotopic (exact) mass is 327 g/mol. The lowest BCUT2D eigenvalue weighted by Gasteiger charge is -2.15. The molecule has 0 spiro atoms. The van der Waals surface area contributed by atoms with E-state index in [4.69, 9.17) is 9.47 Å². The maximum absolute atomic E-state index is 6.05. The van der Waals surface area contributed by atoms with Crippen LogP contribution in [0.3, 0.4) is 0 Å². The lowest BCUT2D eigenvalue weighted by Crippen LogP contribution is -2.13. The zero-order chi connectivity index (χ0) is 17.4. The molecule has 0 saturated heterocycles. The van der Waals surface area contributed by atoms with Crippen LogP contribution in [0.25, 0.3) is 0 Å². The van der Waals surface area contributed by atoms with Crippen LogP contribution in [0.5, 0.6) is 11.5 Å². The van der Waals surface area contributed by atoms with E-state index in [0.717, 1.165) is 31.0 Å². The molecule has 3 heteroatoms. The molecule has 24 heavy (non-hydrogen) atoms. The fraction of sp³-hybridized carbons (Fsp3) is 0.429. The van der Waals surface area contributed by atoms with E-state index in [1.54, 1.807) is 0 Å². The van der Waals surface area contributed by atoms with Gasteiger partial charge in [0.25, 0.3) is 0 Å². The second-order valence-electron chi connectivity index (χ2n) is 6.11. The predicted molar refractivity (Wildman–Crippen MR) is 99.9 cm³/mol. The van der Waals surface area contributed by atoms with Crippen molar-refractivity contribution in [1.29, 1.82) is 0 Å². The molecular formula is C21H29NO2. The fourth-order valence-corrected chi connectivity index (χ4v) is 2.57. The Kier molecular flexibility index (Phi) is 7.13. The van der Waals surface area contributed by atoms with Crippen LogP contribution < -0.4 is 14.8 Å². The quantitative estimate of drug-likeness (QED) is 0.672. The van der Waals surface area contributed by atoms with Gasteiger partial charge in [-0.15, -0.1) is 0 Å². The van der Waals surface area contributed by atoms with Gasteiger partial charge in [0.2, 0.25) is 0 Å². The molecule has 0 fully saturated rings. The van der Waals surface area contributed by atoms with Crippen molar-refractivity contribution in [2.45, 2.75) is 47.3 Å². The molecule has 130 valence electrons. The molecule has 0 aliphatic carbocycles. The molecule has 0 aromatic heterocycles. The van der Waals surface area contributed by atoms with Gasteiger partial charge in [0.1, 0.15) is 6.61 Å². The average Bonchev–Trinajstić information content (AvgIpc) is 2.57. The summed E-state index contributed by atoms with van der Waals surface area (Å²) in [7, 11) is 0. The Bertz CT molecular complexity index is 652. The van der Waals surface area contributed by atoms with E-state index < -0.39 is 0 Å². The number of benzene rings is 2. The highest BCUT2D eigenvalue weighted by Gasteiger charge is 2.08. The van der Waals surface area contributed by atoms with Gasteiger partial charge in [0.05, 0.1) is 6.61 Å². The zero-order valence-corrected chi connectivity index (χ0v) is 15.3. The van der Waals surface area contributed by atoms with Crippen molar-refractivity contribution in [1.82, 2.24) is 5.32 Å². The number of hydrogen-bond donors (Lipinski definition) is 1. The van der Waals surface area contributed by atoms with Crippen molar-refractivity contribution < 1.29 is 9.47 Å². The maximum Gasteiger partial charge on any atom is 0.161 e. The van der Waals surface area contributed by atoms with Crippen LogP contribution in [-0.4, -0.2) is 13.2 Å². The average molecular weight is 327 g/mol. The Morgan fingerprint density at radius 2 is 1.75 bits per heavy atom. The Labute approximate surface area is 146 Å². The van der Waals surface area contributed by atoms with Gasteiger partial charge in [0.15, 0.2) is 11.5 Å². The number of ether oxygens (including phenoxy) is 2. The third kappa shape index (κ3) is 5.27. The van der Waals surface area contributed by atoms with E-state index in [2.05, 4.69) is 56.4 Å². The summed E-state index contributed by atoms with van der Waals surface area (Å²) in [6.07, 6.45) is 1.13. The van der Waals surface area contributed by atoms with Crippen molar-refractivity contribution in [2.24, 2.45) is 0 Å². The number of aryl methyl sites for hydroxylation is 2. The lowest BCUT2D eigenvalue weighted by molar-refractivity contribution is 0.268. The van der Waals surface area contributed by atoms with Crippen molar-refractivity contribution in [3.05, 3.63) is 58.7 Å². The van der Waals surface area contributed by atoms with E-state index >= 15 is 0 Å². The summed E-state index contributed by atoms with van der Waals surface area (Å²) in [5, 5.41) is 3.42. The van der Waals surface area contributed by atoms with Crippen LogP contribution in [0.1, 0.15) is 42.5 Å². The Balaban J connectivity index is 2.09. The normalized spacial score (nSPS) is 10.7. The molecule has 0 heterocycles. The van der Waals surface area contributed by atoms with Gasteiger partial charge in [-0.25, -0.2) is 0 Å². The van der Waals surface area contributed by atoms with Gasteiger partial charge in [-0.3, -0.25) is 0 Å². The first kappa shape index (κ1) is 18.3. The smallest absolute Gasteiger partial charge is 0.161 e. The summed E-state index contributed by atoms with van der Waals surface area (Å²) in [6, 6.07) is 12.6. The summed E-state index contributed by atoms with van der Waals surface area (Å²) in [6.45, 7) is 11.4. The van der Waals surface area contributed by atoms with Crippen LogP contribution in [0.15, 0.2) is 36.4 Å². The maximum atomic E-state index is 6.05. The third-order valence-corrected chi connectivity index (χ3v) is 3.95. The topological polar surface area (TPSA) is 30.5 Å². The lowest BCUT2D eigenvalue weighted by atomic mass is 10.1. The Hall–Kier alpha value is -2.00.